The highest BCUT2D eigenvalue weighted by Crippen LogP contribution is 2.22. The number of hydrogen-bond donors (Lipinski definition) is 1. The van der Waals surface area contributed by atoms with Gasteiger partial charge in [0.25, 0.3) is 0 Å². The van der Waals surface area contributed by atoms with Crippen molar-refractivity contribution in [2.75, 3.05) is 40.4 Å². The number of benzene rings is 2. The first-order chi connectivity index (χ1) is 13.3. The standard InChI is InChI=1S/C21H27N3O3S/c1-17-6-10-20(11-7-17)24(28(2,26)27)16-21(25)22-18-8-12-19(13-9-18)23-14-4-3-5-15-23/h6-13H,3-5,14-16H2,1-2H3,(H,22,25). The topological polar surface area (TPSA) is 69.7 Å². The van der Waals surface area contributed by atoms with Crippen molar-refractivity contribution in [3.63, 3.8) is 0 Å². The van der Waals surface area contributed by atoms with Crippen molar-refractivity contribution >= 4 is 33.0 Å². The van der Waals surface area contributed by atoms with E-state index in [-0.39, 0.29) is 12.5 Å². The van der Waals surface area contributed by atoms with E-state index in [9.17, 15) is 13.2 Å². The zero-order valence-corrected chi connectivity index (χ0v) is 17.2. The second kappa shape index (κ2) is 8.65. The fourth-order valence-electron chi connectivity index (χ4n) is 3.35. The van der Waals surface area contributed by atoms with Crippen molar-refractivity contribution in [3.8, 4) is 0 Å². The second-order valence-electron chi connectivity index (χ2n) is 7.25. The smallest absolute Gasteiger partial charge is 0.245 e. The molecule has 6 nitrogen and oxygen atoms in total. The molecule has 1 N–H and O–H groups in total. The van der Waals surface area contributed by atoms with E-state index in [1.807, 2.05) is 43.3 Å². The summed E-state index contributed by atoms with van der Waals surface area (Å²) >= 11 is 0. The van der Waals surface area contributed by atoms with E-state index in [4.69, 9.17) is 0 Å². The van der Waals surface area contributed by atoms with Gasteiger partial charge in [-0.3, -0.25) is 9.10 Å². The van der Waals surface area contributed by atoms with Crippen LogP contribution in [0.15, 0.2) is 48.5 Å². The Balaban J connectivity index is 1.66. The first-order valence-electron chi connectivity index (χ1n) is 9.52. The van der Waals surface area contributed by atoms with Gasteiger partial charge in [-0.05, 0) is 62.6 Å². The highest BCUT2D eigenvalue weighted by molar-refractivity contribution is 7.92. The minimum atomic E-state index is -3.57. The third-order valence-electron chi connectivity index (χ3n) is 4.88. The number of piperidine rings is 1. The Labute approximate surface area is 167 Å². The molecule has 28 heavy (non-hydrogen) atoms. The van der Waals surface area contributed by atoms with Gasteiger partial charge in [0, 0.05) is 24.5 Å². The van der Waals surface area contributed by atoms with Gasteiger partial charge in [0.05, 0.1) is 11.9 Å². The Morgan fingerprint density at radius 2 is 1.61 bits per heavy atom. The van der Waals surface area contributed by atoms with Crippen LogP contribution >= 0.6 is 0 Å². The summed E-state index contributed by atoms with van der Waals surface area (Å²) in [6.07, 6.45) is 4.80. The summed E-state index contributed by atoms with van der Waals surface area (Å²) in [4.78, 5) is 14.8. The molecule has 0 spiro atoms. The van der Waals surface area contributed by atoms with Crippen LogP contribution in [0, 0.1) is 6.92 Å². The van der Waals surface area contributed by atoms with Crippen LogP contribution in [0.2, 0.25) is 0 Å². The van der Waals surface area contributed by atoms with Crippen molar-refractivity contribution in [2.45, 2.75) is 26.2 Å². The zero-order chi connectivity index (χ0) is 20.1. The van der Waals surface area contributed by atoms with E-state index >= 15 is 0 Å². The summed E-state index contributed by atoms with van der Waals surface area (Å²) in [7, 11) is -3.57. The van der Waals surface area contributed by atoms with Crippen molar-refractivity contribution in [3.05, 3.63) is 54.1 Å². The molecule has 0 aliphatic carbocycles. The number of aryl methyl sites for hydroxylation is 1. The van der Waals surface area contributed by atoms with Crippen molar-refractivity contribution < 1.29 is 13.2 Å². The Morgan fingerprint density at radius 3 is 2.18 bits per heavy atom. The van der Waals surface area contributed by atoms with Crippen molar-refractivity contribution in [1.82, 2.24) is 0 Å². The maximum Gasteiger partial charge on any atom is 0.245 e. The average molecular weight is 402 g/mol. The van der Waals surface area contributed by atoms with Gasteiger partial charge in [0.1, 0.15) is 6.54 Å². The van der Waals surface area contributed by atoms with Gasteiger partial charge >= 0.3 is 0 Å². The summed E-state index contributed by atoms with van der Waals surface area (Å²) in [6.45, 7) is 3.78. The highest BCUT2D eigenvalue weighted by Gasteiger charge is 2.21. The number of sulfonamides is 1. The Kier molecular flexibility index (Phi) is 6.24. The molecule has 0 bridgehead atoms. The third-order valence-corrected chi connectivity index (χ3v) is 6.02. The largest absolute Gasteiger partial charge is 0.372 e. The minimum Gasteiger partial charge on any atom is -0.372 e. The monoisotopic (exact) mass is 401 g/mol. The molecule has 0 atom stereocenters. The lowest BCUT2D eigenvalue weighted by atomic mass is 10.1. The summed E-state index contributed by atoms with van der Waals surface area (Å²) in [5.41, 5.74) is 3.30. The van der Waals surface area contributed by atoms with Gasteiger partial charge in [-0.15, -0.1) is 0 Å². The number of rotatable bonds is 6. The summed E-state index contributed by atoms with van der Waals surface area (Å²) in [6, 6.07) is 14.8. The van der Waals surface area contributed by atoms with Crippen LogP contribution in [0.3, 0.4) is 0 Å². The maximum absolute atomic E-state index is 12.5. The van der Waals surface area contributed by atoms with Gasteiger partial charge in [-0.1, -0.05) is 17.7 Å². The van der Waals surface area contributed by atoms with Crippen LogP contribution in [-0.2, 0) is 14.8 Å². The van der Waals surface area contributed by atoms with Gasteiger partial charge < -0.3 is 10.2 Å². The summed E-state index contributed by atoms with van der Waals surface area (Å²) in [5.74, 6) is -0.378. The van der Waals surface area contributed by atoms with Crippen molar-refractivity contribution in [2.24, 2.45) is 0 Å². The predicted octanol–water partition coefficient (Wildman–Crippen LogP) is 3.39. The molecule has 0 saturated carbocycles. The van der Waals surface area contributed by atoms with E-state index in [1.54, 1.807) is 12.1 Å². The molecule has 1 aliphatic heterocycles. The first-order valence-corrected chi connectivity index (χ1v) is 11.4. The van der Waals surface area contributed by atoms with Gasteiger partial charge in [-0.25, -0.2) is 8.42 Å². The molecular formula is C21H27N3O3S. The van der Waals surface area contributed by atoms with Crippen LogP contribution in [0.5, 0.6) is 0 Å². The molecule has 2 aromatic carbocycles. The lowest BCUT2D eigenvalue weighted by Gasteiger charge is -2.28. The van der Waals surface area contributed by atoms with Crippen LogP contribution in [0.4, 0.5) is 17.1 Å². The van der Waals surface area contributed by atoms with E-state index in [1.165, 1.54) is 19.3 Å². The zero-order valence-electron chi connectivity index (χ0n) is 16.4. The molecule has 0 radical (unpaired) electrons. The average Bonchev–Trinajstić information content (AvgIpc) is 2.67. The molecule has 2 aromatic rings. The summed E-state index contributed by atoms with van der Waals surface area (Å²) in [5, 5.41) is 2.79. The number of anilines is 3. The number of carbonyl (C=O) groups is 1. The fraction of sp³-hybridized carbons (Fsp3) is 0.381. The second-order valence-corrected chi connectivity index (χ2v) is 9.15. The maximum atomic E-state index is 12.5. The van der Waals surface area contributed by atoms with Crippen LogP contribution in [-0.4, -0.2) is 40.2 Å². The van der Waals surface area contributed by atoms with Gasteiger partial charge in [-0.2, -0.15) is 0 Å². The number of carbonyl (C=O) groups excluding carboxylic acids is 1. The lowest BCUT2D eigenvalue weighted by molar-refractivity contribution is -0.114. The van der Waals surface area contributed by atoms with Crippen LogP contribution in [0.25, 0.3) is 0 Å². The molecule has 3 rings (SSSR count). The Hall–Kier alpha value is -2.54. The molecule has 150 valence electrons. The predicted molar refractivity (Wildman–Crippen MR) is 115 cm³/mol. The molecule has 0 unspecified atom stereocenters. The van der Waals surface area contributed by atoms with E-state index in [0.29, 0.717) is 11.4 Å². The van der Waals surface area contributed by atoms with E-state index in [0.717, 1.165) is 34.9 Å². The quantitative estimate of drug-likeness (QED) is 0.806. The first kappa shape index (κ1) is 20.2. The van der Waals surface area contributed by atoms with Gasteiger partial charge in [0.2, 0.25) is 15.9 Å². The van der Waals surface area contributed by atoms with E-state index in [2.05, 4.69) is 10.2 Å². The number of hydrogen-bond acceptors (Lipinski definition) is 4. The van der Waals surface area contributed by atoms with Crippen molar-refractivity contribution in [1.29, 1.82) is 0 Å². The molecule has 1 amide bonds. The number of nitrogens with one attached hydrogen (secondary N) is 1. The molecular weight excluding hydrogens is 374 g/mol. The SMILES string of the molecule is Cc1ccc(N(CC(=O)Nc2ccc(N3CCCCC3)cc2)S(C)(=O)=O)cc1. The third kappa shape index (κ3) is 5.25. The van der Waals surface area contributed by atoms with E-state index < -0.39 is 10.0 Å². The Morgan fingerprint density at radius 1 is 1.00 bits per heavy atom. The highest BCUT2D eigenvalue weighted by atomic mass is 32.2. The summed E-state index contributed by atoms with van der Waals surface area (Å²) < 4.78 is 25.4. The molecule has 1 saturated heterocycles. The molecule has 0 aromatic heterocycles. The van der Waals surface area contributed by atoms with Crippen LogP contribution in [0.1, 0.15) is 24.8 Å². The Bertz CT molecular complexity index is 903. The minimum absolute atomic E-state index is 0.268. The van der Waals surface area contributed by atoms with Gasteiger partial charge in [0.15, 0.2) is 0 Å². The lowest BCUT2D eigenvalue weighted by Crippen LogP contribution is -2.37. The van der Waals surface area contributed by atoms with Crippen LogP contribution < -0.4 is 14.5 Å². The molecule has 1 fully saturated rings. The fourth-order valence-corrected chi connectivity index (χ4v) is 4.21. The molecule has 1 heterocycles. The molecule has 7 heteroatoms. The number of nitrogens with zero attached hydrogens (tertiary/aromatic N) is 2. The normalized spacial score (nSPS) is 14.6. The molecule has 1 aliphatic rings. The number of amides is 1.